The largest absolute Gasteiger partial charge is 0.342 e. The second kappa shape index (κ2) is 6.81. The summed E-state index contributed by atoms with van der Waals surface area (Å²) in [4.78, 5) is 19.9. The lowest BCUT2D eigenvalue weighted by Gasteiger charge is -2.33. The standard InChI is InChI=1S/C15H24N4O/c1-12(16)15(14-4-6-17-7-5-14)19-9-3-8-18(10-11-19)13(2)20/h4-7,12,15H,3,8-11,16H2,1-2H3. The Balaban J connectivity index is 2.12. The van der Waals surface area contributed by atoms with E-state index in [1.807, 2.05) is 36.4 Å². The normalized spacial score (nSPS) is 20.2. The van der Waals surface area contributed by atoms with Crippen LogP contribution in [0.5, 0.6) is 0 Å². The number of nitrogens with zero attached hydrogens (tertiary/aromatic N) is 3. The topological polar surface area (TPSA) is 62.5 Å². The van der Waals surface area contributed by atoms with E-state index in [1.165, 1.54) is 5.56 Å². The van der Waals surface area contributed by atoms with E-state index in [9.17, 15) is 4.79 Å². The first kappa shape index (κ1) is 14.9. The third-order valence-corrected chi connectivity index (χ3v) is 3.91. The van der Waals surface area contributed by atoms with Crippen molar-refractivity contribution in [1.82, 2.24) is 14.8 Å². The monoisotopic (exact) mass is 276 g/mol. The smallest absolute Gasteiger partial charge is 0.219 e. The van der Waals surface area contributed by atoms with Crippen molar-refractivity contribution in [3.05, 3.63) is 30.1 Å². The molecule has 0 radical (unpaired) electrons. The van der Waals surface area contributed by atoms with Gasteiger partial charge in [-0.3, -0.25) is 14.7 Å². The number of aromatic nitrogens is 1. The van der Waals surface area contributed by atoms with Crippen molar-refractivity contribution < 1.29 is 4.79 Å². The summed E-state index contributed by atoms with van der Waals surface area (Å²) in [5, 5.41) is 0. The SMILES string of the molecule is CC(=O)N1CCCN(C(c2ccncc2)C(C)N)CC1. The van der Waals surface area contributed by atoms with Gasteiger partial charge in [-0.05, 0) is 31.0 Å². The molecule has 2 unspecified atom stereocenters. The van der Waals surface area contributed by atoms with Gasteiger partial charge in [-0.15, -0.1) is 0 Å². The Kier molecular flexibility index (Phi) is 5.09. The summed E-state index contributed by atoms with van der Waals surface area (Å²) < 4.78 is 0. The van der Waals surface area contributed by atoms with Gasteiger partial charge in [0.05, 0.1) is 0 Å². The predicted octanol–water partition coefficient (Wildman–Crippen LogP) is 1.02. The summed E-state index contributed by atoms with van der Waals surface area (Å²) in [5.74, 6) is 0.160. The van der Waals surface area contributed by atoms with Gasteiger partial charge in [0.25, 0.3) is 0 Å². The summed E-state index contributed by atoms with van der Waals surface area (Å²) in [6.07, 6.45) is 4.61. The fourth-order valence-corrected chi connectivity index (χ4v) is 2.94. The third kappa shape index (κ3) is 3.55. The van der Waals surface area contributed by atoms with Crippen LogP contribution in [0.2, 0.25) is 0 Å². The van der Waals surface area contributed by atoms with Crippen molar-refractivity contribution in [3.63, 3.8) is 0 Å². The Morgan fingerprint density at radius 1 is 1.25 bits per heavy atom. The van der Waals surface area contributed by atoms with E-state index in [2.05, 4.69) is 9.88 Å². The number of pyridine rings is 1. The Labute approximate surface area is 120 Å². The Bertz CT molecular complexity index is 435. The fourth-order valence-electron chi connectivity index (χ4n) is 2.94. The minimum Gasteiger partial charge on any atom is -0.342 e. The van der Waals surface area contributed by atoms with E-state index in [4.69, 9.17) is 5.73 Å². The summed E-state index contributed by atoms with van der Waals surface area (Å²) in [6, 6.07) is 4.29. The van der Waals surface area contributed by atoms with Gasteiger partial charge in [-0.1, -0.05) is 0 Å². The number of hydrogen-bond acceptors (Lipinski definition) is 4. The minimum absolute atomic E-state index is 0.0429. The molecule has 0 bridgehead atoms. The van der Waals surface area contributed by atoms with Gasteiger partial charge in [0, 0.05) is 57.6 Å². The maximum Gasteiger partial charge on any atom is 0.219 e. The lowest BCUT2D eigenvalue weighted by molar-refractivity contribution is -0.128. The van der Waals surface area contributed by atoms with Gasteiger partial charge >= 0.3 is 0 Å². The van der Waals surface area contributed by atoms with Gasteiger partial charge in [0.15, 0.2) is 0 Å². The molecule has 1 aliphatic rings. The van der Waals surface area contributed by atoms with Crippen LogP contribution in [0.25, 0.3) is 0 Å². The molecular formula is C15H24N4O. The Morgan fingerprint density at radius 2 is 1.95 bits per heavy atom. The van der Waals surface area contributed by atoms with Gasteiger partial charge in [-0.25, -0.2) is 0 Å². The summed E-state index contributed by atoms with van der Waals surface area (Å²) >= 11 is 0. The highest BCUT2D eigenvalue weighted by Gasteiger charge is 2.26. The average molecular weight is 276 g/mol. The second-order valence-corrected chi connectivity index (χ2v) is 5.48. The number of rotatable bonds is 3. The number of hydrogen-bond donors (Lipinski definition) is 1. The van der Waals surface area contributed by atoms with Crippen molar-refractivity contribution in [2.75, 3.05) is 26.2 Å². The molecule has 1 amide bonds. The number of carbonyl (C=O) groups excluding carboxylic acids is 1. The van der Waals surface area contributed by atoms with Crippen molar-refractivity contribution >= 4 is 5.91 Å². The van der Waals surface area contributed by atoms with Gasteiger partial charge < -0.3 is 10.6 Å². The summed E-state index contributed by atoms with van der Waals surface area (Å²) in [5.41, 5.74) is 7.40. The van der Waals surface area contributed by atoms with Gasteiger partial charge in [0.2, 0.25) is 5.91 Å². The molecule has 2 rings (SSSR count). The molecule has 2 atom stereocenters. The van der Waals surface area contributed by atoms with Crippen LogP contribution in [-0.2, 0) is 4.79 Å². The molecule has 1 aliphatic heterocycles. The Hall–Kier alpha value is -1.46. The van der Waals surface area contributed by atoms with E-state index in [1.54, 1.807) is 6.92 Å². The maximum atomic E-state index is 11.5. The van der Waals surface area contributed by atoms with Gasteiger partial charge in [0.1, 0.15) is 0 Å². The van der Waals surface area contributed by atoms with Crippen molar-refractivity contribution in [1.29, 1.82) is 0 Å². The van der Waals surface area contributed by atoms with E-state index in [0.717, 1.165) is 32.6 Å². The van der Waals surface area contributed by atoms with Crippen LogP contribution < -0.4 is 5.73 Å². The lowest BCUT2D eigenvalue weighted by Crippen LogP contribution is -2.41. The first-order valence-electron chi connectivity index (χ1n) is 7.24. The van der Waals surface area contributed by atoms with Crippen LogP contribution in [0.1, 0.15) is 31.9 Å². The molecule has 1 saturated heterocycles. The molecule has 20 heavy (non-hydrogen) atoms. The van der Waals surface area contributed by atoms with Crippen molar-refractivity contribution in [2.45, 2.75) is 32.4 Å². The van der Waals surface area contributed by atoms with Crippen LogP contribution in [0, 0.1) is 0 Å². The Morgan fingerprint density at radius 3 is 2.55 bits per heavy atom. The molecule has 0 saturated carbocycles. The van der Waals surface area contributed by atoms with E-state index in [-0.39, 0.29) is 18.0 Å². The van der Waals surface area contributed by atoms with Crippen LogP contribution in [0.15, 0.2) is 24.5 Å². The molecule has 0 spiro atoms. The summed E-state index contributed by atoms with van der Waals surface area (Å²) in [6.45, 7) is 7.14. The second-order valence-electron chi connectivity index (χ2n) is 5.48. The van der Waals surface area contributed by atoms with E-state index < -0.39 is 0 Å². The summed E-state index contributed by atoms with van der Waals surface area (Å²) in [7, 11) is 0. The van der Waals surface area contributed by atoms with Gasteiger partial charge in [-0.2, -0.15) is 0 Å². The van der Waals surface area contributed by atoms with Crippen molar-refractivity contribution in [3.8, 4) is 0 Å². The molecule has 5 heteroatoms. The van der Waals surface area contributed by atoms with Crippen LogP contribution >= 0.6 is 0 Å². The lowest BCUT2D eigenvalue weighted by atomic mass is 10.00. The molecule has 0 aromatic carbocycles. The quantitative estimate of drug-likeness (QED) is 0.895. The highest BCUT2D eigenvalue weighted by atomic mass is 16.2. The zero-order valence-corrected chi connectivity index (χ0v) is 12.3. The first-order valence-corrected chi connectivity index (χ1v) is 7.24. The van der Waals surface area contributed by atoms with Crippen LogP contribution in [0.3, 0.4) is 0 Å². The molecule has 2 N–H and O–H groups in total. The molecule has 1 aromatic heterocycles. The highest BCUT2D eigenvalue weighted by molar-refractivity contribution is 5.73. The van der Waals surface area contributed by atoms with E-state index in [0.29, 0.717) is 0 Å². The average Bonchev–Trinajstić information content (AvgIpc) is 2.66. The molecule has 0 aliphatic carbocycles. The van der Waals surface area contributed by atoms with Crippen LogP contribution in [0.4, 0.5) is 0 Å². The molecule has 5 nitrogen and oxygen atoms in total. The number of carbonyl (C=O) groups is 1. The molecular weight excluding hydrogens is 252 g/mol. The van der Waals surface area contributed by atoms with Crippen molar-refractivity contribution in [2.24, 2.45) is 5.73 Å². The number of nitrogens with two attached hydrogens (primary N) is 1. The minimum atomic E-state index is 0.0429. The predicted molar refractivity (Wildman–Crippen MR) is 79.1 cm³/mol. The molecule has 110 valence electrons. The highest BCUT2D eigenvalue weighted by Crippen LogP contribution is 2.24. The molecule has 2 heterocycles. The molecule has 1 aromatic rings. The van der Waals surface area contributed by atoms with E-state index >= 15 is 0 Å². The maximum absolute atomic E-state index is 11.5. The third-order valence-electron chi connectivity index (χ3n) is 3.91. The first-order chi connectivity index (χ1) is 9.59. The zero-order chi connectivity index (χ0) is 14.5. The molecule has 1 fully saturated rings. The fraction of sp³-hybridized carbons (Fsp3) is 0.600. The number of amides is 1. The zero-order valence-electron chi connectivity index (χ0n) is 12.3. The van der Waals surface area contributed by atoms with Crippen LogP contribution in [-0.4, -0.2) is 52.9 Å².